The summed E-state index contributed by atoms with van der Waals surface area (Å²) >= 11 is 0. The normalized spacial score (nSPS) is 12.5. The second kappa shape index (κ2) is 5.97. The molecule has 0 aliphatic carbocycles. The molecule has 1 unspecified atom stereocenters. The summed E-state index contributed by atoms with van der Waals surface area (Å²) in [7, 11) is 0. The van der Waals surface area contributed by atoms with Crippen molar-refractivity contribution in [2.75, 3.05) is 0 Å². The zero-order valence-electron chi connectivity index (χ0n) is 11.8. The quantitative estimate of drug-likeness (QED) is 0.793. The summed E-state index contributed by atoms with van der Waals surface area (Å²) in [5, 5.41) is 3.37. The molecule has 0 saturated heterocycles. The summed E-state index contributed by atoms with van der Waals surface area (Å²) in [6.45, 7) is 2.66. The van der Waals surface area contributed by atoms with E-state index in [1.54, 1.807) is 18.3 Å². The lowest BCUT2D eigenvalue weighted by Crippen LogP contribution is -2.19. The summed E-state index contributed by atoms with van der Waals surface area (Å²) in [5.74, 6) is -0.216. The van der Waals surface area contributed by atoms with Crippen molar-refractivity contribution in [3.05, 3.63) is 71.8 Å². The van der Waals surface area contributed by atoms with Crippen LogP contribution in [0.15, 0.2) is 54.7 Å². The Bertz CT molecular complexity index is 740. The average Bonchev–Trinajstić information content (AvgIpc) is 2.53. The number of rotatable bonds is 4. The van der Waals surface area contributed by atoms with Gasteiger partial charge < -0.3 is 5.32 Å². The fourth-order valence-corrected chi connectivity index (χ4v) is 2.21. The standard InChI is InChI=1S/C17H16FN3/c1-12(13-6-8-14(18)9-7-13)19-10-15-11-20-16-4-2-3-5-17(16)21-15/h2-9,11-12,19H,10H2,1H3. The molecule has 0 aliphatic rings. The van der Waals surface area contributed by atoms with Crippen LogP contribution in [-0.2, 0) is 6.54 Å². The van der Waals surface area contributed by atoms with Gasteiger partial charge in [-0.15, -0.1) is 0 Å². The minimum Gasteiger partial charge on any atom is -0.305 e. The highest BCUT2D eigenvalue weighted by molar-refractivity contribution is 5.73. The van der Waals surface area contributed by atoms with Gasteiger partial charge in [0.25, 0.3) is 0 Å². The zero-order valence-corrected chi connectivity index (χ0v) is 11.8. The molecule has 3 rings (SSSR count). The Hall–Kier alpha value is -2.33. The van der Waals surface area contributed by atoms with Gasteiger partial charge in [0.05, 0.1) is 22.9 Å². The Kier molecular flexibility index (Phi) is 3.88. The third kappa shape index (κ3) is 3.23. The predicted molar refractivity (Wildman–Crippen MR) is 81.2 cm³/mol. The number of nitrogens with zero attached hydrogens (tertiary/aromatic N) is 2. The third-order valence-corrected chi connectivity index (χ3v) is 3.46. The van der Waals surface area contributed by atoms with Crippen LogP contribution in [0.25, 0.3) is 11.0 Å². The lowest BCUT2D eigenvalue weighted by atomic mass is 10.1. The Balaban J connectivity index is 1.69. The predicted octanol–water partition coefficient (Wildman–Crippen LogP) is 3.62. The van der Waals surface area contributed by atoms with Gasteiger partial charge in [0, 0.05) is 12.6 Å². The zero-order chi connectivity index (χ0) is 14.7. The lowest BCUT2D eigenvalue weighted by Gasteiger charge is -2.14. The van der Waals surface area contributed by atoms with Crippen molar-refractivity contribution in [1.82, 2.24) is 15.3 Å². The molecule has 0 bridgehead atoms. The second-order valence-corrected chi connectivity index (χ2v) is 5.00. The molecule has 0 aliphatic heterocycles. The first-order valence-electron chi connectivity index (χ1n) is 6.92. The number of halogens is 1. The maximum Gasteiger partial charge on any atom is 0.123 e. The number of hydrogen-bond donors (Lipinski definition) is 1. The van der Waals surface area contributed by atoms with E-state index in [0.29, 0.717) is 6.54 Å². The van der Waals surface area contributed by atoms with Gasteiger partial charge in [-0.2, -0.15) is 0 Å². The Morgan fingerprint density at radius 3 is 2.52 bits per heavy atom. The average molecular weight is 281 g/mol. The van der Waals surface area contributed by atoms with Crippen molar-refractivity contribution in [3.63, 3.8) is 0 Å². The highest BCUT2D eigenvalue weighted by atomic mass is 19.1. The van der Waals surface area contributed by atoms with Crippen molar-refractivity contribution in [2.45, 2.75) is 19.5 Å². The fourth-order valence-electron chi connectivity index (χ4n) is 2.21. The maximum atomic E-state index is 12.9. The Morgan fingerprint density at radius 2 is 1.76 bits per heavy atom. The van der Waals surface area contributed by atoms with Crippen molar-refractivity contribution < 1.29 is 4.39 Å². The smallest absolute Gasteiger partial charge is 0.123 e. The molecule has 3 aromatic rings. The van der Waals surface area contributed by atoms with Crippen LogP contribution in [0.2, 0.25) is 0 Å². The molecule has 21 heavy (non-hydrogen) atoms. The van der Waals surface area contributed by atoms with Crippen LogP contribution in [0.4, 0.5) is 4.39 Å². The monoisotopic (exact) mass is 281 g/mol. The van der Waals surface area contributed by atoms with E-state index in [2.05, 4.69) is 15.3 Å². The lowest BCUT2D eigenvalue weighted by molar-refractivity contribution is 0.564. The first kappa shape index (κ1) is 13.6. The molecule has 1 N–H and O–H groups in total. The minimum absolute atomic E-state index is 0.124. The van der Waals surface area contributed by atoms with Gasteiger partial charge in [0.2, 0.25) is 0 Å². The van der Waals surface area contributed by atoms with Gasteiger partial charge in [-0.05, 0) is 36.8 Å². The molecule has 0 radical (unpaired) electrons. The van der Waals surface area contributed by atoms with Crippen molar-refractivity contribution >= 4 is 11.0 Å². The van der Waals surface area contributed by atoms with E-state index in [4.69, 9.17) is 0 Å². The molecular formula is C17H16FN3. The van der Waals surface area contributed by atoms with Crippen LogP contribution in [0.3, 0.4) is 0 Å². The number of fused-ring (bicyclic) bond motifs is 1. The summed E-state index contributed by atoms with van der Waals surface area (Å²) < 4.78 is 12.9. The van der Waals surface area contributed by atoms with E-state index in [0.717, 1.165) is 22.3 Å². The topological polar surface area (TPSA) is 37.8 Å². The molecule has 1 heterocycles. The summed E-state index contributed by atoms with van der Waals surface area (Å²) in [5.41, 5.74) is 3.73. The molecule has 4 heteroatoms. The highest BCUT2D eigenvalue weighted by Crippen LogP contribution is 2.14. The number of benzene rings is 2. The van der Waals surface area contributed by atoms with E-state index in [-0.39, 0.29) is 11.9 Å². The molecule has 0 spiro atoms. The molecule has 1 atom stereocenters. The van der Waals surface area contributed by atoms with Crippen LogP contribution in [0.5, 0.6) is 0 Å². The van der Waals surface area contributed by atoms with E-state index < -0.39 is 0 Å². The fraction of sp³-hybridized carbons (Fsp3) is 0.176. The summed E-state index contributed by atoms with van der Waals surface area (Å²) in [6, 6.07) is 14.5. The molecule has 3 nitrogen and oxygen atoms in total. The van der Waals surface area contributed by atoms with Crippen LogP contribution >= 0.6 is 0 Å². The number of para-hydroxylation sites is 2. The van der Waals surface area contributed by atoms with E-state index in [1.165, 1.54) is 12.1 Å². The van der Waals surface area contributed by atoms with Gasteiger partial charge >= 0.3 is 0 Å². The molecular weight excluding hydrogens is 265 g/mol. The van der Waals surface area contributed by atoms with Crippen LogP contribution in [-0.4, -0.2) is 9.97 Å². The highest BCUT2D eigenvalue weighted by Gasteiger charge is 2.06. The molecule has 0 fully saturated rings. The molecule has 0 saturated carbocycles. The Labute approximate surface area is 122 Å². The SMILES string of the molecule is CC(NCc1cnc2ccccc2n1)c1ccc(F)cc1. The molecule has 0 amide bonds. The summed E-state index contributed by atoms with van der Waals surface area (Å²) in [6.07, 6.45) is 1.78. The maximum absolute atomic E-state index is 12.9. The first-order chi connectivity index (χ1) is 10.2. The van der Waals surface area contributed by atoms with Gasteiger partial charge in [-0.25, -0.2) is 9.37 Å². The molecule has 1 aromatic heterocycles. The van der Waals surface area contributed by atoms with E-state index in [9.17, 15) is 4.39 Å². The minimum atomic E-state index is -0.216. The number of nitrogens with one attached hydrogen (secondary N) is 1. The molecule has 2 aromatic carbocycles. The van der Waals surface area contributed by atoms with E-state index in [1.807, 2.05) is 31.2 Å². The van der Waals surface area contributed by atoms with Crippen LogP contribution in [0, 0.1) is 5.82 Å². The summed E-state index contributed by atoms with van der Waals surface area (Å²) in [4.78, 5) is 8.96. The largest absolute Gasteiger partial charge is 0.305 e. The van der Waals surface area contributed by atoms with Gasteiger partial charge in [0.15, 0.2) is 0 Å². The third-order valence-electron chi connectivity index (χ3n) is 3.46. The number of hydrogen-bond acceptors (Lipinski definition) is 3. The van der Waals surface area contributed by atoms with Crippen molar-refractivity contribution in [1.29, 1.82) is 0 Å². The van der Waals surface area contributed by atoms with Gasteiger partial charge in [-0.1, -0.05) is 24.3 Å². The second-order valence-electron chi connectivity index (χ2n) is 5.00. The molecule has 106 valence electrons. The van der Waals surface area contributed by atoms with Crippen LogP contribution < -0.4 is 5.32 Å². The van der Waals surface area contributed by atoms with Gasteiger partial charge in [-0.3, -0.25) is 4.98 Å². The van der Waals surface area contributed by atoms with Crippen molar-refractivity contribution in [3.8, 4) is 0 Å². The van der Waals surface area contributed by atoms with E-state index >= 15 is 0 Å². The Morgan fingerprint density at radius 1 is 1.05 bits per heavy atom. The van der Waals surface area contributed by atoms with Crippen molar-refractivity contribution in [2.24, 2.45) is 0 Å². The van der Waals surface area contributed by atoms with Crippen LogP contribution in [0.1, 0.15) is 24.2 Å². The number of aromatic nitrogens is 2. The first-order valence-corrected chi connectivity index (χ1v) is 6.92. The van der Waals surface area contributed by atoms with Gasteiger partial charge in [0.1, 0.15) is 5.82 Å².